The number of nitrogens with two attached hydrogens (primary N) is 1. The second-order valence-corrected chi connectivity index (χ2v) is 9.28. The van der Waals surface area contributed by atoms with Gasteiger partial charge in [0.25, 0.3) is 0 Å². The molecule has 0 saturated carbocycles. The van der Waals surface area contributed by atoms with Crippen LogP contribution in [0.15, 0.2) is 72.8 Å². The van der Waals surface area contributed by atoms with E-state index in [4.69, 9.17) is 5.73 Å². The molecule has 0 aliphatic rings. The van der Waals surface area contributed by atoms with Crippen LogP contribution in [-0.2, 0) is 25.6 Å². The van der Waals surface area contributed by atoms with Gasteiger partial charge in [0.2, 0.25) is 0 Å². The number of aromatic nitrogens is 2. The molecule has 0 unspecified atom stereocenters. The third-order valence-corrected chi connectivity index (χ3v) is 6.64. The van der Waals surface area contributed by atoms with Crippen LogP contribution < -0.4 is 5.73 Å². The first kappa shape index (κ1) is 26.8. The Morgan fingerprint density at radius 2 is 1.60 bits per heavy atom. The third kappa shape index (κ3) is 5.23. The van der Waals surface area contributed by atoms with Crippen LogP contribution in [0.1, 0.15) is 27.8 Å². The summed E-state index contributed by atoms with van der Waals surface area (Å²) in [6.07, 6.45) is -3.73. The first-order chi connectivity index (χ1) is 19.0. The summed E-state index contributed by atoms with van der Waals surface area (Å²) < 4.78 is 85.2. The van der Waals surface area contributed by atoms with E-state index in [2.05, 4.69) is 11.2 Å². The van der Waals surface area contributed by atoms with Crippen molar-refractivity contribution in [3.63, 3.8) is 0 Å². The van der Waals surface area contributed by atoms with Gasteiger partial charge in [-0.05, 0) is 54.3 Å². The fourth-order valence-corrected chi connectivity index (χ4v) is 4.72. The summed E-state index contributed by atoms with van der Waals surface area (Å²) in [6.45, 7) is -0.568. The molecule has 2 N–H and O–H groups in total. The summed E-state index contributed by atoms with van der Waals surface area (Å²) in [5, 5.41) is 13.5. The number of fused-ring (bicyclic) bond motifs is 1. The SMILES string of the molecule is N#Cc1ccc(N)c(CCc2cccc(-c3c4cccc(C(F)(F)F)c4nn3Cc3c(F)cc(F)cc3F)c2)c1. The molecule has 0 radical (unpaired) electrons. The van der Waals surface area contributed by atoms with E-state index in [9.17, 15) is 31.6 Å². The van der Waals surface area contributed by atoms with E-state index < -0.39 is 41.3 Å². The van der Waals surface area contributed by atoms with Gasteiger partial charge in [-0.15, -0.1) is 0 Å². The molecule has 0 fully saturated rings. The van der Waals surface area contributed by atoms with Crippen molar-refractivity contribution in [1.29, 1.82) is 5.26 Å². The van der Waals surface area contributed by atoms with E-state index in [-0.39, 0.29) is 16.6 Å². The maximum Gasteiger partial charge on any atom is 0.418 e. The summed E-state index contributed by atoms with van der Waals surface area (Å²) in [6, 6.07) is 18.6. The van der Waals surface area contributed by atoms with Crippen molar-refractivity contribution in [2.45, 2.75) is 25.6 Å². The number of anilines is 1. The monoisotopic (exact) mass is 550 g/mol. The topological polar surface area (TPSA) is 67.6 Å². The average molecular weight is 551 g/mol. The minimum Gasteiger partial charge on any atom is -0.399 e. The Balaban J connectivity index is 1.61. The van der Waals surface area contributed by atoms with Crippen LogP contribution >= 0.6 is 0 Å². The van der Waals surface area contributed by atoms with Crippen molar-refractivity contribution < 1.29 is 26.3 Å². The second kappa shape index (κ2) is 10.4. The lowest BCUT2D eigenvalue weighted by Gasteiger charge is -2.12. The van der Waals surface area contributed by atoms with Crippen LogP contribution in [0.5, 0.6) is 0 Å². The zero-order valence-electron chi connectivity index (χ0n) is 20.7. The van der Waals surface area contributed by atoms with Gasteiger partial charge in [0.15, 0.2) is 0 Å². The Bertz CT molecular complexity index is 1760. The number of aryl methyl sites for hydroxylation is 2. The largest absolute Gasteiger partial charge is 0.418 e. The standard InChI is InChI=1S/C30H20F6N4/c31-21-13-25(32)23(26(33)14-21)16-40-29(22-5-2-6-24(28(22)39-40)30(34,35)36)20-4-1-3-17(11-20)7-9-19-12-18(15-37)8-10-27(19)38/h1-6,8,10-14H,7,9,16,38H2. The van der Waals surface area contributed by atoms with Crippen LogP contribution in [0.4, 0.5) is 32.0 Å². The molecule has 4 aromatic carbocycles. The van der Waals surface area contributed by atoms with Gasteiger partial charge in [0, 0.05) is 34.3 Å². The Hall–Kier alpha value is -4.78. The van der Waals surface area contributed by atoms with Crippen LogP contribution in [0.25, 0.3) is 22.2 Å². The van der Waals surface area contributed by atoms with Gasteiger partial charge in [-0.2, -0.15) is 23.5 Å². The van der Waals surface area contributed by atoms with Crippen molar-refractivity contribution in [3.05, 3.63) is 118 Å². The molecule has 4 nitrogen and oxygen atoms in total. The molecule has 0 aliphatic carbocycles. The van der Waals surface area contributed by atoms with Crippen molar-refractivity contribution in [2.75, 3.05) is 5.73 Å². The van der Waals surface area contributed by atoms with Crippen LogP contribution in [0.2, 0.25) is 0 Å². The summed E-state index contributed by atoms with van der Waals surface area (Å²) in [5.41, 5.74) is 7.43. The molecule has 1 heterocycles. The van der Waals surface area contributed by atoms with E-state index in [1.165, 1.54) is 12.1 Å². The minimum absolute atomic E-state index is 0.140. The molecule has 5 rings (SSSR count). The Morgan fingerprint density at radius 1 is 0.875 bits per heavy atom. The highest BCUT2D eigenvalue weighted by Gasteiger charge is 2.34. The first-order valence-electron chi connectivity index (χ1n) is 12.1. The lowest BCUT2D eigenvalue weighted by atomic mass is 9.98. The van der Waals surface area contributed by atoms with Gasteiger partial charge >= 0.3 is 6.18 Å². The molecule has 5 aromatic rings. The van der Waals surface area contributed by atoms with Crippen molar-refractivity contribution in [2.24, 2.45) is 0 Å². The lowest BCUT2D eigenvalue weighted by Crippen LogP contribution is -2.09. The molecule has 40 heavy (non-hydrogen) atoms. The number of hydrogen-bond acceptors (Lipinski definition) is 3. The van der Waals surface area contributed by atoms with Gasteiger partial charge in [-0.25, -0.2) is 13.2 Å². The number of hydrogen-bond donors (Lipinski definition) is 1. The molecule has 0 spiro atoms. The predicted octanol–water partition coefficient (Wildman–Crippen LogP) is 7.43. The van der Waals surface area contributed by atoms with E-state index in [1.54, 1.807) is 36.4 Å². The highest BCUT2D eigenvalue weighted by Crippen LogP contribution is 2.38. The summed E-state index contributed by atoms with van der Waals surface area (Å²) in [4.78, 5) is 0. The van der Waals surface area contributed by atoms with Crippen molar-refractivity contribution in [1.82, 2.24) is 9.78 Å². The van der Waals surface area contributed by atoms with Crippen LogP contribution in [0, 0.1) is 28.8 Å². The van der Waals surface area contributed by atoms with Crippen LogP contribution in [-0.4, -0.2) is 9.78 Å². The molecular formula is C30H20F6N4. The van der Waals surface area contributed by atoms with Gasteiger partial charge in [-0.1, -0.05) is 30.3 Å². The maximum absolute atomic E-state index is 14.5. The molecule has 0 atom stereocenters. The zero-order valence-corrected chi connectivity index (χ0v) is 20.7. The van der Waals surface area contributed by atoms with Gasteiger partial charge in [0.1, 0.15) is 23.0 Å². The number of halogens is 6. The molecule has 0 amide bonds. The molecule has 0 bridgehead atoms. The number of nitriles is 1. The number of rotatable bonds is 6. The Labute approximate surface area is 224 Å². The molecule has 202 valence electrons. The number of benzene rings is 4. The Kier molecular flexibility index (Phi) is 6.98. The van der Waals surface area contributed by atoms with Gasteiger partial charge < -0.3 is 5.73 Å². The Morgan fingerprint density at radius 3 is 2.30 bits per heavy atom. The highest BCUT2D eigenvalue weighted by atomic mass is 19.4. The van der Waals surface area contributed by atoms with Crippen LogP contribution in [0.3, 0.4) is 0 Å². The normalized spacial score (nSPS) is 11.6. The predicted molar refractivity (Wildman–Crippen MR) is 139 cm³/mol. The third-order valence-electron chi connectivity index (χ3n) is 6.64. The zero-order chi connectivity index (χ0) is 28.6. The number of alkyl halides is 3. The van der Waals surface area contributed by atoms with Crippen molar-refractivity contribution in [3.8, 4) is 17.3 Å². The average Bonchev–Trinajstić information content (AvgIpc) is 3.28. The summed E-state index contributed by atoms with van der Waals surface area (Å²) in [5.74, 6) is -3.47. The number of nitrogen functional groups attached to an aromatic ring is 1. The van der Waals surface area contributed by atoms with Gasteiger partial charge in [0.05, 0.1) is 29.4 Å². The maximum atomic E-state index is 14.5. The van der Waals surface area contributed by atoms with E-state index in [0.29, 0.717) is 41.8 Å². The van der Waals surface area contributed by atoms with E-state index in [0.717, 1.165) is 21.9 Å². The van der Waals surface area contributed by atoms with E-state index >= 15 is 0 Å². The molecule has 1 aromatic heterocycles. The molecule has 0 aliphatic heterocycles. The fourth-order valence-electron chi connectivity index (χ4n) is 4.72. The smallest absolute Gasteiger partial charge is 0.399 e. The molecular weight excluding hydrogens is 530 g/mol. The quantitative estimate of drug-likeness (QED) is 0.177. The molecule has 10 heteroatoms. The second-order valence-electron chi connectivity index (χ2n) is 9.28. The minimum atomic E-state index is -4.72. The first-order valence-corrected chi connectivity index (χ1v) is 12.1. The van der Waals surface area contributed by atoms with Crippen molar-refractivity contribution >= 4 is 16.6 Å². The fraction of sp³-hybridized carbons (Fsp3) is 0.133. The van der Waals surface area contributed by atoms with Gasteiger partial charge in [-0.3, -0.25) is 4.68 Å². The lowest BCUT2D eigenvalue weighted by molar-refractivity contribution is -0.136. The number of nitrogens with zero attached hydrogens (tertiary/aromatic N) is 3. The molecule has 0 saturated heterocycles. The van der Waals surface area contributed by atoms with E-state index in [1.807, 2.05) is 6.07 Å². The highest BCUT2D eigenvalue weighted by molar-refractivity contribution is 5.95. The summed E-state index contributed by atoms with van der Waals surface area (Å²) in [7, 11) is 0. The summed E-state index contributed by atoms with van der Waals surface area (Å²) >= 11 is 0.